The summed E-state index contributed by atoms with van der Waals surface area (Å²) in [6.45, 7) is 9.74. The molecule has 126 valence electrons. The summed E-state index contributed by atoms with van der Waals surface area (Å²) >= 11 is 0. The van der Waals surface area contributed by atoms with E-state index in [-0.39, 0.29) is 16.9 Å². The number of carbonyl (C=O) groups is 1. The molecule has 1 aromatic heterocycles. The van der Waals surface area contributed by atoms with Gasteiger partial charge in [0.15, 0.2) is 0 Å². The van der Waals surface area contributed by atoms with Crippen molar-refractivity contribution in [3.8, 4) is 0 Å². The number of rotatable bonds is 5. The van der Waals surface area contributed by atoms with E-state index < -0.39 is 5.91 Å². The molecular formula is C19H23N3O2. The number of amides is 1. The number of fused-ring (bicyclic) bond motifs is 1. The maximum Gasteiger partial charge on any atom is 0.260 e. The third kappa shape index (κ3) is 3.74. The number of pyridine rings is 1. The first kappa shape index (κ1) is 17.5. The van der Waals surface area contributed by atoms with Crippen molar-refractivity contribution >= 4 is 16.8 Å². The summed E-state index contributed by atoms with van der Waals surface area (Å²) in [7, 11) is 0. The van der Waals surface area contributed by atoms with Gasteiger partial charge in [0.25, 0.3) is 5.91 Å². The quantitative estimate of drug-likeness (QED) is 0.739. The number of H-pyrrole nitrogens is 1. The second-order valence-electron chi connectivity index (χ2n) is 6.24. The van der Waals surface area contributed by atoms with E-state index >= 15 is 0 Å². The normalized spacial score (nSPS) is 13.1. The number of nitrogens with one attached hydrogen (secondary N) is 2. The SMILES string of the molecule is C=C(N)/C=C(/NC(=O)c1c[nH]c2ccccc2c1=O)C(C)C(C)C. The summed E-state index contributed by atoms with van der Waals surface area (Å²) in [5.74, 6) is -0.0958. The standard InChI is InChI=1S/C19H23N3O2/c1-11(2)13(4)17(9-12(3)20)22-19(24)15-10-21-16-8-6-5-7-14(16)18(15)23/h5-11,13H,3,20H2,1-2,4H3,(H,21,23)(H,22,24)/b17-9+. The van der Waals surface area contributed by atoms with Gasteiger partial charge in [-0.1, -0.05) is 39.5 Å². The molecule has 2 rings (SSSR count). The van der Waals surface area contributed by atoms with Crippen LogP contribution in [-0.2, 0) is 0 Å². The van der Waals surface area contributed by atoms with E-state index in [0.29, 0.717) is 28.2 Å². The van der Waals surface area contributed by atoms with E-state index in [1.165, 1.54) is 6.20 Å². The molecule has 0 aliphatic carbocycles. The third-order valence-corrected chi connectivity index (χ3v) is 4.12. The van der Waals surface area contributed by atoms with Crippen LogP contribution in [0.25, 0.3) is 10.9 Å². The molecule has 4 N–H and O–H groups in total. The Balaban J connectivity index is 2.39. The number of para-hydroxylation sites is 1. The van der Waals surface area contributed by atoms with Crippen molar-refractivity contribution in [2.75, 3.05) is 0 Å². The zero-order chi connectivity index (χ0) is 17.9. The second kappa shape index (κ2) is 7.17. The lowest BCUT2D eigenvalue weighted by atomic mass is 9.93. The van der Waals surface area contributed by atoms with Crippen LogP contribution in [0.1, 0.15) is 31.1 Å². The highest BCUT2D eigenvalue weighted by Crippen LogP contribution is 2.19. The maximum absolute atomic E-state index is 12.6. The molecule has 0 aliphatic rings. The summed E-state index contributed by atoms with van der Waals surface area (Å²) < 4.78 is 0. The zero-order valence-corrected chi connectivity index (χ0v) is 14.2. The average molecular weight is 325 g/mol. The Bertz CT molecular complexity index is 862. The number of aromatic nitrogens is 1. The fourth-order valence-electron chi connectivity index (χ4n) is 2.37. The molecule has 2 aromatic rings. The Morgan fingerprint density at radius 1 is 1.29 bits per heavy atom. The second-order valence-corrected chi connectivity index (χ2v) is 6.24. The van der Waals surface area contributed by atoms with Crippen LogP contribution < -0.4 is 16.5 Å². The number of nitrogens with two attached hydrogens (primary N) is 1. The fourth-order valence-corrected chi connectivity index (χ4v) is 2.37. The Kier molecular flexibility index (Phi) is 5.24. The number of allylic oxidation sites excluding steroid dienone is 2. The van der Waals surface area contributed by atoms with Gasteiger partial charge in [-0.25, -0.2) is 0 Å². The molecule has 1 unspecified atom stereocenters. The van der Waals surface area contributed by atoms with Crippen molar-refractivity contribution in [1.82, 2.24) is 10.3 Å². The lowest BCUT2D eigenvalue weighted by Crippen LogP contribution is -2.32. The van der Waals surface area contributed by atoms with Crippen LogP contribution in [-0.4, -0.2) is 10.9 Å². The van der Waals surface area contributed by atoms with E-state index in [0.717, 1.165) is 0 Å². The van der Waals surface area contributed by atoms with Gasteiger partial charge in [0.1, 0.15) is 5.56 Å². The van der Waals surface area contributed by atoms with E-state index in [9.17, 15) is 9.59 Å². The monoisotopic (exact) mass is 325 g/mol. The summed E-state index contributed by atoms with van der Waals surface area (Å²) in [5, 5.41) is 3.29. The highest BCUT2D eigenvalue weighted by atomic mass is 16.2. The molecule has 1 heterocycles. The fraction of sp³-hybridized carbons (Fsp3) is 0.263. The first-order valence-electron chi connectivity index (χ1n) is 7.89. The van der Waals surface area contributed by atoms with Crippen LogP contribution in [0.15, 0.2) is 59.3 Å². The van der Waals surface area contributed by atoms with Crippen molar-refractivity contribution in [2.45, 2.75) is 20.8 Å². The molecule has 5 nitrogen and oxygen atoms in total. The topological polar surface area (TPSA) is 88.0 Å². The summed E-state index contributed by atoms with van der Waals surface area (Å²) in [4.78, 5) is 28.1. The van der Waals surface area contributed by atoms with E-state index in [4.69, 9.17) is 5.73 Å². The van der Waals surface area contributed by atoms with Gasteiger partial charge in [-0.15, -0.1) is 0 Å². The summed E-state index contributed by atoms with van der Waals surface area (Å²) in [6, 6.07) is 7.09. The number of hydrogen-bond donors (Lipinski definition) is 3. The Hall–Kier alpha value is -2.82. The lowest BCUT2D eigenvalue weighted by molar-refractivity contribution is 0.0959. The maximum atomic E-state index is 12.6. The van der Waals surface area contributed by atoms with Crippen molar-refractivity contribution in [3.05, 3.63) is 70.3 Å². The van der Waals surface area contributed by atoms with Crippen molar-refractivity contribution in [3.63, 3.8) is 0 Å². The van der Waals surface area contributed by atoms with Gasteiger partial charge in [-0.3, -0.25) is 9.59 Å². The van der Waals surface area contributed by atoms with Gasteiger partial charge < -0.3 is 16.0 Å². The average Bonchev–Trinajstić information content (AvgIpc) is 2.53. The van der Waals surface area contributed by atoms with Crippen molar-refractivity contribution in [2.24, 2.45) is 17.6 Å². The van der Waals surface area contributed by atoms with Crippen LogP contribution in [0.2, 0.25) is 0 Å². The Morgan fingerprint density at radius 3 is 2.58 bits per heavy atom. The molecule has 5 heteroatoms. The summed E-state index contributed by atoms with van der Waals surface area (Å²) in [6.07, 6.45) is 3.08. The Labute approximate surface area is 141 Å². The minimum atomic E-state index is -0.456. The van der Waals surface area contributed by atoms with Crippen LogP contribution in [0.4, 0.5) is 0 Å². The molecule has 0 fully saturated rings. The smallest absolute Gasteiger partial charge is 0.260 e. The van der Waals surface area contributed by atoms with Gasteiger partial charge in [-0.05, 0) is 30.0 Å². The first-order valence-corrected chi connectivity index (χ1v) is 7.89. The summed E-state index contributed by atoms with van der Waals surface area (Å²) in [5.41, 5.74) is 7.12. The molecule has 1 atom stereocenters. The zero-order valence-electron chi connectivity index (χ0n) is 14.2. The molecule has 0 saturated heterocycles. The highest BCUT2D eigenvalue weighted by Gasteiger charge is 2.19. The van der Waals surface area contributed by atoms with Gasteiger partial charge >= 0.3 is 0 Å². The van der Waals surface area contributed by atoms with E-state index in [2.05, 4.69) is 16.9 Å². The highest BCUT2D eigenvalue weighted by molar-refractivity contribution is 5.98. The van der Waals surface area contributed by atoms with Crippen LogP contribution >= 0.6 is 0 Å². The minimum absolute atomic E-state index is 0.0637. The number of aromatic amines is 1. The molecule has 0 aliphatic heterocycles. The van der Waals surface area contributed by atoms with Crippen molar-refractivity contribution < 1.29 is 4.79 Å². The molecule has 24 heavy (non-hydrogen) atoms. The van der Waals surface area contributed by atoms with Crippen LogP contribution in [0.3, 0.4) is 0 Å². The largest absolute Gasteiger partial charge is 0.399 e. The van der Waals surface area contributed by atoms with Gasteiger partial charge in [0, 0.05) is 28.5 Å². The molecule has 0 saturated carbocycles. The number of carbonyl (C=O) groups excluding carboxylic acids is 1. The van der Waals surface area contributed by atoms with Gasteiger partial charge in [0.2, 0.25) is 5.43 Å². The molecule has 0 spiro atoms. The van der Waals surface area contributed by atoms with E-state index in [1.807, 2.05) is 26.8 Å². The van der Waals surface area contributed by atoms with E-state index in [1.54, 1.807) is 24.3 Å². The molecule has 1 amide bonds. The minimum Gasteiger partial charge on any atom is -0.399 e. The molecule has 0 bridgehead atoms. The van der Waals surface area contributed by atoms with Gasteiger partial charge in [-0.2, -0.15) is 0 Å². The predicted molar refractivity (Wildman–Crippen MR) is 97.4 cm³/mol. The van der Waals surface area contributed by atoms with Crippen molar-refractivity contribution in [1.29, 1.82) is 0 Å². The third-order valence-electron chi connectivity index (χ3n) is 4.12. The lowest BCUT2D eigenvalue weighted by Gasteiger charge is -2.20. The predicted octanol–water partition coefficient (Wildman–Crippen LogP) is 2.91. The van der Waals surface area contributed by atoms with Crippen LogP contribution in [0.5, 0.6) is 0 Å². The van der Waals surface area contributed by atoms with Gasteiger partial charge in [0.05, 0.1) is 0 Å². The number of benzene rings is 1. The molecule has 1 aromatic carbocycles. The van der Waals surface area contributed by atoms with Crippen LogP contribution in [0, 0.1) is 11.8 Å². The Morgan fingerprint density at radius 2 is 1.96 bits per heavy atom. The number of hydrogen-bond acceptors (Lipinski definition) is 3. The molecular weight excluding hydrogens is 302 g/mol. The first-order chi connectivity index (χ1) is 11.3. The molecule has 0 radical (unpaired) electrons.